The SMILES string of the molecule is CCCCCCCCP(=O)(CC(C)CC(C)(C)C)CC(C)CC(C)(C)C. The maximum absolute atomic E-state index is 13.9. The Labute approximate surface area is 166 Å². The van der Waals surface area contributed by atoms with E-state index in [9.17, 15) is 4.57 Å². The van der Waals surface area contributed by atoms with Crippen LogP contribution in [0.4, 0.5) is 0 Å². The lowest BCUT2D eigenvalue weighted by Gasteiger charge is -2.30. The van der Waals surface area contributed by atoms with Crippen LogP contribution in [0.3, 0.4) is 0 Å². The van der Waals surface area contributed by atoms with Crippen LogP contribution in [0.2, 0.25) is 0 Å². The minimum Gasteiger partial charge on any atom is -0.324 e. The fraction of sp³-hybridized carbons (Fsp3) is 1.00. The zero-order valence-corrected chi connectivity index (χ0v) is 20.7. The molecule has 0 bridgehead atoms. The first-order chi connectivity index (χ1) is 11.8. The molecule has 0 fully saturated rings. The predicted molar refractivity (Wildman–Crippen MR) is 122 cm³/mol. The van der Waals surface area contributed by atoms with Gasteiger partial charge in [0.15, 0.2) is 0 Å². The molecule has 0 aliphatic carbocycles. The average molecular weight is 387 g/mol. The summed E-state index contributed by atoms with van der Waals surface area (Å²) < 4.78 is 13.9. The molecule has 0 aromatic heterocycles. The minimum absolute atomic E-state index is 0.335. The zero-order valence-electron chi connectivity index (χ0n) is 19.8. The van der Waals surface area contributed by atoms with E-state index in [2.05, 4.69) is 62.3 Å². The monoisotopic (exact) mass is 386 g/mol. The molecule has 0 aliphatic rings. The molecule has 0 rings (SSSR count). The van der Waals surface area contributed by atoms with E-state index in [-0.39, 0.29) is 0 Å². The molecule has 0 saturated carbocycles. The van der Waals surface area contributed by atoms with E-state index in [1.54, 1.807) is 0 Å². The highest BCUT2D eigenvalue weighted by Gasteiger charge is 2.29. The van der Waals surface area contributed by atoms with Crippen molar-refractivity contribution in [2.24, 2.45) is 22.7 Å². The Balaban J connectivity index is 4.76. The molecule has 0 spiro atoms. The molecule has 0 saturated heterocycles. The first kappa shape index (κ1) is 26.2. The number of hydrogen-bond donors (Lipinski definition) is 0. The topological polar surface area (TPSA) is 17.1 Å². The van der Waals surface area contributed by atoms with Gasteiger partial charge in [0.05, 0.1) is 7.14 Å². The van der Waals surface area contributed by atoms with Gasteiger partial charge in [0.25, 0.3) is 0 Å². The van der Waals surface area contributed by atoms with Gasteiger partial charge in [0.2, 0.25) is 0 Å². The van der Waals surface area contributed by atoms with Crippen molar-refractivity contribution in [2.75, 3.05) is 18.5 Å². The smallest absolute Gasteiger partial charge is 0.0882 e. The Hall–Kier alpha value is 0.230. The first-order valence-corrected chi connectivity index (χ1v) is 13.6. The highest BCUT2D eigenvalue weighted by atomic mass is 31.2. The van der Waals surface area contributed by atoms with E-state index in [4.69, 9.17) is 0 Å². The summed E-state index contributed by atoms with van der Waals surface area (Å²) in [7, 11) is -2.06. The standard InChI is InChI=1S/C24H51OP/c1-10-11-12-13-14-15-16-26(25,19-21(2)17-23(4,5)6)20-22(3)18-24(7,8)9/h21-22H,10-20H2,1-9H3. The molecule has 2 heteroatoms. The van der Waals surface area contributed by atoms with Gasteiger partial charge in [-0.15, -0.1) is 0 Å². The molecule has 0 aromatic rings. The lowest BCUT2D eigenvalue weighted by molar-refractivity contribution is 0.315. The Kier molecular flexibility index (Phi) is 12.0. The molecule has 1 nitrogen and oxygen atoms in total. The van der Waals surface area contributed by atoms with Crippen LogP contribution in [0.5, 0.6) is 0 Å². The van der Waals surface area contributed by atoms with E-state index < -0.39 is 7.14 Å². The normalized spacial score (nSPS) is 17.7. The summed E-state index contributed by atoms with van der Waals surface area (Å²) >= 11 is 0. The van der Waals surface area contributed by atoms with Crippen molar-refractivity contribution in [1.29, 1.82) is 0 Å². The molecule has 0 amide bonds. The second kappa shape index (κ2) is 11.9. The lowest BCUT2D eigenvalue weighted by atomic mass is 9.86. The van der Waals surface area contributed by atoms with Gasteiger partial charge in [0.1, 0.15) is 0 Å². The van der Waals surface area contributed by atoms with Crippen molar-refractivity contribution in [3.63, 3.8) is 0 Å². The van der Waals surface area contributed by atoms with Crippen LogP contribution in [0.25, 0.3) is 0 Å². The highest BCUT2D eigenvalue weighted by Crippen LogP contribution is 2.52. The third-order valence-electron chi connectivity index (χ3n) is 5.13. The summed E-state index contributed by atoms with van der Waals surface area (Å²) in [4.78, 5) is 0. The Bertz CT molecular complexity index is 371. The zero-order chi connectivity index (χ0) is 20.4. The van der Waals surface area contributed by atoms with Gasteiger partial charge >= 0.3 is 0 Å². The minimum atomic E-state index is -2.06. The summed E-state index contributed by atoms with van der Waals surface area (Å²) in [5, 5.41) is 0. The van der Waals surface area contributed by atoms with Crippen molar-refractivity contribution in [3.8, 4) is 0 Å². The molecule has 2 unspecified atom stereocenters. The van der Waals surface area contributed by atoms with Gasteiger partial charge in [-0.25, -0.2) is 0 Å². The van der Waals surface area contributed by atoms with Crippen LogP contribution in [-0.2, 0) is 4.57 Å². The van der Waals surface area contributed by atoms with Crippen LogP contribution in [-0.4, -0.2) is 18.5 Å². The molecule has 26 heavy (non-hydrogen) atoms. The van der Waals surface area contributed by atoms with Gasteiger partial charge in [-0.2, -0.15) is 0 Å². The highest BCUT2D eigenvalue weighted by molar-refractivity contribution is 7.63. The molecular weight excluding hydrogens is 335 g/mol. The predicted octanol–water partition coefficient (Wildman–Crippen LogP) is 8.85. The molecule has 158 valence electrons. The van der Waals surface area contributed by atoms with E-state index in [1.165, 1.54) is 51.4 Å². The van der Waals surface area contributed by atoms with Crippen molar-refractivity contribution in [2.45, 2.75) is 114 Å². The van der Waals surface area contributed by atoms with Crippen LogP contribution >= 0.6 is 7.14 Å². The third kappa shape index (κ3) is 15.3. The van der Waals surface area contributed by atoms with Crippen molar-refractivity contribution in [3.05, 3.63) is 0 Å². The lowest BCUT2D eigenvalue weighted by Crippen LogP contribution is -2.19. The van der Waals surface area contributed by atoms with Crippen LogP contribution in [0, 0.1) is 22.7 Å². The molecular formula is C24H51OP. The van der Waals surface area contributed by atoms with E-state index >= 15 is 0 Å². The third-order valence-corrected chi connectivity index (χ3v) is 8.84. The molecule has 2 atom stereocenters. The fourth-order valence-corrected chi connectivity index (χ4v) is 8.64. The second-order valence-electron chi connectivity index (χ2n) is 11.7. The summed E-state index contributed by atoms with van der Waals surface area (Å²) in [5.74, 6) is 1.14. The molecule has 0 aromatic carbocycles. The quantitative estimate of drug-likeness (QED) is 0.228. The maximum atomic E-state index is 13.9. The fourth-order valence-electron chi connectivity index (χ4n) is 4.79. The molecule has 0 aliphatic heterocycles. The van der Waals surface area contributed by atoms with Crippen molar-refractivity contribution >= 4 is 7.14 Å². The van der Waals surface area contributed by atoms with Gasteiger partial charge < -0.3 is 4.57 Å². The Morgan fingerprint density at radius 1 is 0.692 bits per heavy atom. The summed E-state index contributed by atoms with van der Waals surface area (Å²) in [6, 6.07) is 0. The average Bonchev–Trinajstić information content (AvgIpc) is 2.37. The molecule has 0 radical (unpaired) electrons. The van der Waals surface area contributed by atoms with Crippen LogP contribution in [0.1, 0.15) is 114 Å². The molecule has 0 heterocycles. The van der Waals surface area contributed by atoms with Gasteiger partial charge in [-0.1, -0.05) is 94.4 Å². The summed E-state index contributed by atoms with van der Waals surface area (Å²) in [5.41, 5.74) is 0.669. The number of hydrogen-bond acceptors (Lipinski definition) is 1. The number of rotatable bonds is 13. The van der Waals surface area contributed by atoms with E-state index in [0.29, 0.717) is 22.7 Å². The maximum Gasteiger partial charge on any atom is 0.0882 e. The van der Waals surface area contributed by atoms with Crippen LogP contribution in [0.15, 0.2) is 0 Å². The number of unbranched alkanes of at least 4 members (excludes halogenated alkanes) is 5. The Morgan fingerprint density at radius 3 is 1.46 bits per heavy atom. The summed E-state index contributed by atoms with van der Waals surface area (Å²) in [6.07, 6.45) is 13.0. The van der Waals surface area contributed by atoms with Gasteiger partial charge in [0, 0.05) is 18.5 Å². The van der Waals surface area contributed by atoms with Crippen molar-refractivity contribution in [1.82, 2.24) is 0 Å². The summed E-state index contributed by atoms with van der Waals surface area (Å²) in [6.45, 7) is 20.8. The van der Waals surface area contributed by atoms with E-state index in [1.807, 2.05) is 0 Å². The second-order valence-corrected chi connectivity index (χ2v) is 14.9. The van der Waals surface area contributed by atoms with Gasteiger partial charge in [-0.05, 0) is 41.9 Å². The van der Waals surface area contributed by atoms with Crippen LogP contribution < -0.4 is 0 Å². The Morgan fingerprint density at radius 2 is 1.08 bits per heavy atom. The largest absolute Gasteiger partial charge is 0.324 e. The van der Waals surface area contributed by atoms with E-state index in [0.717, 1.165) is 18.5 Å². The first-order valence-electron chi connectivity index (χ1n) is 11.3. The van der Waals surface area contributed by atoms with Gasteiger partial charge in [-0.3, -0.25) is 0 Å². The molecule has 0 N–H and O–H groups in total. The van der Waals surface area contributed by atoms with Crippen molar-refractivity contribution < 1.29 is 4.57 Å².